The molecule has 1 aliphatic carbocycles. The molecule has 1 atom stereocenters. The Labute approximate surface area is 181 Å². The highest BCUT2D eigenvalue weighted by Gasteiger charge is 2.38. The number of morpholine rings is 1. The Morgan fingerprint density at radius 3 is 2.57 bits per heavy atom. The van der Waals surface area contributed by atoms with E-state index in [0.717, 1.165) is 16.8 Å². The summed E-state index contributed by atoms with van der Waals surface area (Å²) in [5.74, 6) is -1.72. The molecule has 4 rings (SSSR count). The normalized spacial score (nSPS) is 16.9. The minimum Gasteiger partial charge on any atom is -0.465 e. The molecule has 0 aromatic heterocycles. The number of ketones is 1. The fourth-order valence-electron chi connectivity index (χ4n) is 4.15. The first-order chi connectivity index (χ1) is 14.6. The maximum atomic E-state index is 13.8. The summed E-state index contributed by atoms with van der Waals surface area (Å²) in [6.45, 7) is 4.54. The Hall–Kier alpha value is -2.63. The molecule has 1 heterocycles. The lowest BCUT2D eigenvalue weighted by Gasteiger charge is -2.31. The number of nitrogens with zero attached hydrogens (tertiary/aromatic N) is 1. The first-order valence-electron chi connectivity index (χ1n) is 10.2. The van der Waals surface area contributed by atoms with Crippen LogP contribution in [0.25, 0.3) is 5.70 Å². The Balaban J connectivity index is 1.80. The van der Waals surface area contributed by atoms with E-state index in [0.29, 0.717) is 48.9 Å². The maximum absolute atomic E-state index is 13.8. The molecule has 0 N–H and O–H groups in total. The highest BCUT2D eigenvalue weighted by atomic mass is 35.5. The van der Waals surface area contributed by atoms with Crippen molar-refractivity contribution < 1.29 is 19.1 Å². The number of ether oxygens (including phenoxy) is 2. The van der Waals surface area contributed by atoms with Gasteiger partial charge in [0.1, 0.15) is 5.92 Å². The van der Waals surface area contributed by atoms with Gasteiger partial charge in [0.2, 0.25) is 0 Å². The molecule has 6 heteroatoms. The van der Waals surface area contributed by atoms with E-state index in [1.165, 1.54) is 0 Å². The molecule has 1 fully saturated rings. The summed E-state index contributed by atoms with van der Waals surface area (Å²) >= 11 is 6.28. The number of hydrogen-bond acceptors (Lipinski definition) is 5. The van der Waals surface area contributed by atoms with Gasteiger partial charge in [-0.1, -0.05) is 48.0 Å². The molecule has 30 heavy (non-hydrogen) atoms. The third-order valence-corrected chi connectivity index (χ3v) is 5.76. The largest absolute Gasteiger partial charge is 0.465 e. The van der Waals surface area contributed by atoms with Crippen LogP contribution in [0.15, 0.2) is 54.1 Å². The van der Waals surface area contributed by atoms with Crippen molar-refractivity contribution in [3.63, 3.8) is 0 Å². The van der Waals surface area contributed by atoms with E-state index in [4.69, 9.17) is 21.1 Å². The molecule has 1 saturated heterocycles. The standard InChI is InChI=1S/C24H24ClNO4/c1-2-30-24(28)21(16-6-4-3-5-7-16)23(27)20-14-17-8-9-18(25)15-19(17)22(20)26-10-12-29-13-11-26/h3-9,15,21H,2,10-14H2,1H3. The molecule has 2 aromatic rings. The van der Waals surface area contributed by atoms with Gasteiger partial charge in [-0.15, -0.1) is 0 Å². The zero-order valence-corrected chi connectivity index (χ0v) is 17.7. The maximum Gasteiger partial charge on any atom is 0.321 e. The summed E-state index contributed by atoms with van der Waals surface area (Å²) in [4.78, 5) is 28.8. The SMILES string of the molecule is CCOC(=O)C(C(=O)C1=C(N2CCOCC2)c2cc(Cl)ccc2C1)c1ccccc1. The van der Waals surface area contributed by atoms with Crippen LogP contribution in [-0.4, -0.2) is 49.6 Å². The molecule has 2 aromatic carbocycles. The Bertz CT molecular complexity index is 980. The van der Waals surface area contributed by atoms with Gasteiger partial charge in [-0.25, -0.2) is 0 Å². The lowest BCUT2D eigenvalue weighted by Crippen LogP contribution is -2.36. The average Bonchev–Trinajstić information content (AvgIpc) is 3.14. The zero-order chi connectivity index (χ0) is 21.1. The van der Waals surface area contributed by atoms with Gasteiger partial charge in [0.25, 0.3) is 0 Å². The van der Waals surface area contributed by atoms with Crippen molar-refractivity contribution in [2.45, 2.75) is 19.3 Å². The summed E-state index contributed by atoms with van der Waals surface area (Å²) in [6, 6.07) is 14.8. The van der Waals surface area contributed by atoms with Gasteiger partial charge in [-0.05, 0) is 30.2 Å². The number of benzene rings is 2. The number of fused-ring (bicyclic) bond motifs is 1. The fraction of sp³-hybridized carbons (Fsp3) is 0.333. The average molecular weight is 426 g/mol. The van der Waals surface area contributed by atoms with Crippen LogP contribution in [0.5, 0.6) is 0 Å². The lowest BCUT2D eigenvalue weighted by molar-refractivity contribution is -0.147. The van der Waals surface area contributed by atoms with E-state index in [1.807, 2.05) is 36.4 Å². The van der Waals surface area contributed by atoms with E-state index in [9.17, 15) is 9.59 Å². The Morgan fingerprint density at radius 1 is 1.13 bits per heavy atom. The van der Waals surface area contributed by atoms with Gasteiger partial charge >= 0.3 is 5.97 Å². The van der Waals surface area contributed by atoms with Crippen molar-refractivity contribution in [3.05, 3.63) is 75.8 Å². The molecule has 5 nitrogen and oxygen atoms in total. The molecule has 1 aliphatic heterocycles. The quantitative estimate of drug-likeness (QED) is 0.519. The number of rotatable bonds is 6. The second-order valence-corrected chi connectivity index (χ2v) is 7.80. The van der Waals surface area contributed by atoms with E-state index in [-0.39, 0.29) is 12.4 Å². The summed E-state index contributed by atoms with van der Waals surface area (Å²) in [6.07, 6.45) is 0.473. The minimum absolute atomic E-state index is 0.214. The molecule has 0 saturated carbocycles. The van der Waals surface area contributed by atoms with E-state index >= 15 is 0 Å². The van der Waals surface area contributed by atoms with Crippen molar-refractivity contribution in [1.82, 2.24) is 4.90 Å². The third kappa shape index (κ3) is 4.00. The van der Waals surface area contributed by atoms with Gasteiger partial charge < -0.3 is 14.4 Å². The highest BCUT2D eigenvalue weighted by Crippen LogP contribution is 2.39. The molecule has 0 amide bonds. The number of hydrogen-bond donors (Lipinski definition) is 0. The third-order valence-electron chi connectivity index (χ3n) is 5.52. The monoisotopic (exact) mass is 425 g/mol. The van der Waals surface area contributed by atoms with E-state index in [1.54, 1.807) is 19.1 Å². The zero-order valence-electron chi connectivity index (χ0n) is 16.9. The van der Waals surface area contributed by atoms with Crippen LogP contribution in [0.2, 0.25) is 5.02 Å². The van der Waals surface area contributed by atoms with Crippen LogP contribution < -0.4 is 0 Å². The van der Waals surface area contributed by atoms with Crippen LogP contribution in [0.1, 0.15) is 29.5 Å². The number of allylic oxidation sites excluding steroid dienone is 1. The molecule has 2 aliphatic rings. The van der Waals surface area contributed by atoms with E-state index < -0.39 is 11.9 Å². The van der Waals surface area contributed by atoms with Gasteiger partial charge in [-0.3, -0.25) is 9.59 Å². The number of Topliss-reactive ketones (excluding diaryl/α,β-unsaturated/α-hetero) is 1. The van der Waals surface area contributed by atoms with Gasteiger partial charge in [0, 0.05) is 35.7 Å². The van der Waals surface area contributed by atoms with Crippen LogP contribution in [0, 0.1) is 0 Å². The molecule has 0 bridgehead atoms. The van der Waals surface area contributed by atoms with Crippen molar-refractivity contribution in [1.29, 1.82) is 0 Å². The summed E-state index contributed by atoms with van der Waals surface area (Å²) in [5.41, 5.74) is 4.15. The summed E-state index contributed by atoms with van der Waals surface area (Å²) in [5, 5.41) is 0.623. The van der Waals surface area contributed by atoms with Crippen LogP contribution in [0.3, 0.4) is 0 Å². The highest BCUT2D eigenvalue weighted by molar-refractivity contribution is 6.31. The summed E-state index contributed by atoms with van der Waals surface area (Å²) < 4.78 is 10.8. The van der Waals surface area contributed by atoms with Crippen LogP contribution in [-0.2, 0) is 25.5 Å². The molecule has 0 radical (unpaired) electrons. The van der Waals surface area contributed by atoms with Crippen molar-refractivity contribution >= 4 is 29.1 Å². The van der Waals surface area contributed by atoms with Gasteiger partial charge in [0.15, 0.2) is 5.78 Å². The predicted molar refractivity (Wildman–Crippen MR) is 115 cm³/mol. The number of esters is 1. The lowest BCUT2D eigenvalue weighted by atomic mass is 9.89. The molecule has 1 unspecified atom stereocenters. The fourth-order valence-corrected chi connectivity index (χ4v) is 4.32. The smallest absolute Gasteiger partial charge is 0.321 e. The first-order valence-corrected chi connectivity index (χ1v) is 10.6. The molecular formula is C24H24ClNO4. The van der Waals surface area contributed by atoms with E-state index in [2.05, 4.69) is 4.90 Å². The number of carbonyl (C=O) groups excluding carboxylic acids is 2. The van der Waals surface area contributed by atoms with Crippen molar-refractivity contribution in [2.24, 2.45) is 0 Å². The second-order valence-electron chi connectivity index (χ2n) is 7.36. The molecule has 156 valence electrons. The van der Waals surface area contributed by atoms with Crippen LogP contribution >= 0.6 is 11.6 Å². The first kappa shape index (κ1) is 20.6. The Kier molecular flexibility index (Phi) is 6.21. The predicted octanol–water partition coefficient (Wildman–Crippen LogP) is 3.86. The van der Waals surface area contributed by atoms with Crippen molar-refractivity contribution in [3.8, 4) is 0 Å². The topological polar surface area (TPSA) is 55.8 Å². The molecular weight excluding hydrogens is 402 g/mol. The van der Waals surface area contributed by atoms with Crippen molar-refractivity contribution in [2.75, 3.05) is 32.9 Å². The van der Waals surface area contributed by atoms with Gasteiger partial charge in [-0.2, -0.15) is 0 Å². The van der Waals surface area contributed by atoms with Crippen LogP contribution in [0.4, 0.5) is 0 Å². The second kappa shape index (κ2) is 9.02. The Morgan fingerprint density at radius 2 is 1.87 bits per heavy atom. The number of carbonyl (C=O) groups is 2. The minimum atomic E-state index is -0.984. The molecule has 0 spiro atoms. The van der Waals surface area contributed by atoms with Gasteiger partial charge in [0.05, 0.1) is 25.5 Å². The summed E-state index contributed by atoms with van der Waals surface area (Å²) in [7, 11) is 0. The number of halogens is 1.